The monoisotopic (exact) mass is 625 g/mol. The minimum absolute atomic E-state index is 0.0705. The molecule has 4 aromatic rings. The van der Waals surface area contributed by atoms with Gasteiger partial charge in [-0.1, -0.05) is 66.7 Å². The molecule has 1 aliphatic rings. The van der Waals surface area contributed by atoms with Gasteiger partial charge in [0.25, 0.3) is 15.9 Å². The van der Waals surface area contributed by atoms with E-state index in [4.69, 9.17) is 11.5 Å². The van der Waals surface area contributed by atoms with Gasteiger partial charge in [0.05, 0.1) is 10.6 Å². The lowest BCUT2D eigenvalue weighted by atomic mass is 9.85. The lowest BCUT2D eigenvalue weighted by molar-refractivity contribution is -0.123. The number of nitrogens with zero attached hydrogens (tertiary/aromatic N) is 3. The third-order valence-electron chi connectivity index (χ3n) is 7.69. The molecule has 0 spiro atoms. The third kappa shape index (κ3) is 6.13. The molecule has 4 N–H and O–H groups in total. The lowest BCUT2D eigenvalue weighted by Gasteiger charge is -2.33. The van der Waals surface area contributed by atoms with Gasteiger partial charge in [0, 0.05) is 17.3 Å². The molecule has 2 unspecified atom stereocenters. The summed E-state index contributed by atoms with van der Waals surface area (Å²) in [4.78, 5) is 54.2. The van der Waals surface area contributed by atoms with E-state index in [1.807, 2.05) is 49.4 Å². The molecule has 0 fully saturated rings. The number of urea groups is 1. The van der Waals surface area contributed by atoms with Crippen molar-refractivity contribution in [1.29, 1.82) is 0 Å². The van der Waals surface area contributed by atoms with Crippen molar-refractivity contribution in [3.05, 3.63) is 120 Å². The van der Waals surface area contributed by atoms with Gasteiger partial charge in [-0.15, -0.1) is 0 Å². The van der Waals surface area contributed by atoms with Gasteiger partial charge in [-0.3, -0.25) is 19.3 Å². The van der Waals surface area contributed by atoms with Gasteiger partial charge in [-0.05, 0) is 66.4 Å². The van der Waals surface area contributed by atoms with Crippen molar-refractivity contribution < 1.29 is 27.6 Å². The Morgan fingerprint density at radius 1 is 0.889 bits per heavy atom. The van der Waals surface area contributed by atoms with Crippen LogP contribution >= 0.6 is 0 Å². The molecule has 12 heteroatoms. The quantitative estimate of drug-likeness (QED) is 0.270. The van der Waals surface area contributed by atoms with E-state index in [9.17, 15) is 27.6 Å². The molecule has 0 aromatic heterocycles. The van der Waals surface area contributed by atoms with Gasteiger partial charge in [-0.2, -0.15) is 0 Å². The number of carbonyl (C=O) groups excluding carboxylic acids is 4. The fourth-order valence-electron chi connectivity index (χ4n) is 5.67. The molecule has 0 saturated heterocycles. The third-order valence-corrected chi connectivity index (χ3v) is 9.37. The highest BCUT2D eigenvalue weighted by Crippen LogP contribution is 2.42. The van der Waals surface area contributed by atoms with Crippen LogP contribution in [0.3, 0.4) is 0 Å². The second-order valence-corrected chi connectivity index (χ2v) is 12.4. The Hall–Kier alpha value is -5.49. The van der Waals surface area contributed by atoms with Crippen molar-refractivity contribution in [2.75, 3.05) is 20.6 Å². The van der Waals surface area contributed by atoms with Gasteiger partial charge < -0.3 is 16.4 Å². The van der Waals surface area contributed by atoms with E-state index in [2.05, 4.69) is 0 Å². The van der Waals surface area contributed by atoms with Crippen LogP contribution < -0.4 is 25.6 Å². The largest absolute Gasteiger partial charge is 0.368 e. The molecule has 5 amide bonds. The topological polar surface area (TPSA) is 164 Å². The second-order valence-electron chi connectivity index (χ2n) is 10.6. The summed E-state index contributed by atoms with van der Waals surface area (Å²) in [6.45, 7) is 1.41. The number of primary amides is 2. The van der Waals surface area contributed by atoms with E-state index in [0.717, 1.165) is 21.6 Å². The summed E-state index contributed by atoms with van der Waals surface area (Å²) in [5.74, 6) is -1.77. The Labute approximate surface area is 260 Å². The van der Waals surface area contributed by atoms with Crippen LogP contribution in [0.1, 0.15) is 29.0 Å². The maximum Gasteiger partial charge on any atom is 0.320 e. The normalized spacial score (nSPS) is 16.3. The molecular formula is C33H31N5O6S. The summed E-state index contributed by atoms with van der Waals surface area (Å²) in [7, 11) is -4.31. The van der Waals surface area contributed by atoms with Crippen LogP contribution in [0.15, 0.2) is 108 Å². The number of hydrogen-bond acceptors (Lipinski definition) is 6. The second kappa shape index (κ2) is 12.6. The van der Waals surface area contributed by atoms with Crippen LogP contribution in [0.4, 0.5) is 21.9 Å². The molecule has 2 atom stereocenters. The van der Waals surface area contributed by atoms with Gasteiger partial charge in [0.2, 0.25) is 12.3 Å². The van der Waals surface area contributed by atoms with Crippen LogP contribution in [0.2, 0.25) is 0 Å². The summed E-state index contributed by atoms with van der Waals surface area (Å²) in [5.41, 5.74) is 14.5. The molecule has 0 saturated carbocycles. The SMILES string of the molecule is Cc1ccc2c(c1)N(CC(N)=O)C(=O)C(N(C(N)=O)c1cccc(N(C=O)S(=O)(=O)c3ccccc3)c1)CC2c1ccccc1. The van der Waals surface area contributed by atoms with Crippen molar-refractivity contribution >= 4 is 51.3 Å². The molecule has 11 nitrogen and oxygen atoms in total. The Bertz CT molecular complexity index is 1870. The van der Waals surface area contributed by atoms with Crippen LogP contribution in [-0.4, -0.2) is 45.3 Å². The summed E-state index contributed by atoms with van der Waals surface area (Å²) in [6, 6.07) is 25.8. The predicted octanol–water partition coefficient (Wildman–Crippen LogP) is 3.65. The van der Waals surface area contributed by atoms with E-state index in [1.54, 1.807) is 12.1 Å². The number of carbonyl (C=O) groups is 4. The first-order valence-corrected chi connectivity index (χ1v) is 15.5. The van der Waals surface area contributed by atoms with Gasteiger partial charge in [-0.25, -0.2) is 17.5 Å². The van der Waals surface area contributed by atoms with Crippen molar-refractivity contribution in [2.24, 2.45) is 11.5 Å². The van der Waals surface area contributed by atoms with Gasteiger partial charge >= 0.3 is 6.03 Å². The average molecular weight is 626 g/mol. The maximum absolute atomic E-state index is 14.4. The van der Waals surface area contributed by atoms with Crippen LogP contribution in [-0.2, 0) is 24.4 Å². The Morgan fingerprint density at radius 2 is 1.53 bits per heavy atom. The molecular weight excluding hydrogens is 594 g/mol. The first-order valence-electron chi connectivity index (χ1n) is 14.0. The van der Waals surface area contributed by atoms with Crippen molar-refractivity contribution in [3.8, 4) is 0 Å². The van der Waals surface area contributed by atoms with E-state index < -0.39 is 46.4 Å². The number of fused-ring (bicyclic) bond motifs is 1. The number of hydrogen-bond donors (Lipinski definition) is 2. The number of rotatable bonds is 9. The zero-order valence-electron chi connectivity index (χ0n) is 24.3. The van der Waals surface area contributed by atoms with E-state index in [-0.39, 0.29) is 29.1 Å². The highest BCUT2D eigenvalue weighted by atomic mass is 32.2. The minimum atomic E-state index is -4.31. The zero-order valence-corrected chi connectivity index (χ0v) is 25.1. The zero-order chi connectivity index (χ0) is 32.3. The number of anilines is 3. The fraction of sp³-hybridized carbons (Fsp3) is 0.152. The standard InChI is InChI=1S/C33H31N5O6S/c1-22-15-16-27-28(23-9-4-2-5-10-23)19-30(32(41)36(20-31(34)40)29(27)17-22)38(33(35)42)25-12-8-11-24(18-25)37(21-39)45(43,44)26-13-6-3-7-14-26/h2-18,21,28,30H,19-20H2,1H3,(H2,34,40)(H2,35,42). The molecule has 1 aliphatic heterocycles. The first kappa shape index (κ1) is 31.0. The molecule has 0 bridgehead atoms. The van der Waals surface area contributed by atoms with Crippen molar-refractivity contribution in [3.63, 3.8) is 0 Å². The molecule has 4 aromatic carbocycles. The average Bonchev–Trinajstić information content (AvgIpc) is 3.13. The molecule has 5 rings (SSSR count). The van der Waals surface area contributed by atoms with Crippen molar-refractivity contribution in [2.45, 2.75) is 30.2 Å². The molecule has 45 heavy (non-hydrogen) atoms. The molecule has 230 valence electrons. The minimum Gasteiger partial charge on any atom is -0.368 e. The highest BCUT2D eigenvalue weighted by molar-refractivity contribution is 7.93. The summed E-state index contributed by atoms with van der Waals surface area (Å²) >= 11 is 0. The first-order chi connectivity index (χ1) is 21.5. The Morgan fingerprint density at radius 3 is 2.16 bits per heavy atom. The maximum atomic E-state index is 14.4. The number of sulfonamides is 1. The number of nitrogens with two attached hydrogens (primary N) is 2. The lowest BCUT2D eigenvalue weighted by Crippen LogP contribution is -2.54. The Kier molecular flexibility index (Phi) is 8.68. The van der Waals surface area contributed by atoms with Crippen LogP contribution in [0.5, 0.6) is 0 Å². The summed E-state index contributed by atoms with van der Waals surface area (Å²) in [5, 5.41) is 0. The molecule has 0 radical (unpaired) electrons. The molecule has 0 aliphatic carbocycles. The number of benzene rings is 4. The fourth-order valence-corrected chi connectivity index (χ4v) is 6.90. The van der Waals surface area contributed by atoms with E-state index in [1.165, 1.54) is 53.4 Å². The van der Waals surface area contributed by atoms with Crippen LogP contribution in [0, 0.1) is 6.92 Å². The van der Waals surface area contributed by atoms with E-state index in [0.29, 0.717) is 9.99 Å². The van der Waals surface area contributed by atoms with Gasteiger partial charge in [0.1, 0.15) is 12.6 Å². The Balaban J connectivity index is 1.65. The van der Waals surface area contributed by atoms with Crippen LogP contribution in [0.25, 0.3) is 0 Å². The highest BCUT2D eigenvalue weighted by Gasteiger charge is 2.41. The molecule has 1 heterocycles. The number of amides is 5. The van der Waals surface area contributed by atoms with E-state index >= 15 is 0 Å². The smallest absolute Gasteiger partial charge is 0.320 e. The van der Waals surface area contributed by atoms with Gasteiger partial charge in [0.15, 0.2) is 0 Å². The number of aryl methyl sites for hydroxylation is 1. The predicted molar refractivity (Wildman–Crippen MR) is 170 cm³/mol. The summed E-state index contributed by atoms with van der Waals surface area (Å²) < 4.78 is 27.3. The van der Waals surface area contributed by atoms with Crippen molar-refractivity contribution in [1.82, 2.24) is 0 Å². The summed E-state index contributed by atoms with van der Waals surface area (Å²) in [6.07, 6.45) is 0.229.